The van der Waals surface area contributed by atoms with Gasteiger partial charge in [0.25, 0.3) is 0 Å². The normalized spacial score (nSPS) is 11.2. The average Bonchev–Trinajstić information content (AvgIpc) is 2.56. The van der Waals surface area contributed by atoms with Crippen molar-refractivity contribution in [1.29, 1.82) is 0 Å². The highest BCUT2D eigenvalue weighted by molar-refractivity contribution is 6.62. The fraction of sp³-hybridized carbons (Fsp3) is 0.400. The summed E-state index contributed by atoms with van der Waals surface area (Å²) in [5, 5.41) is 1.27. The first-order valence-electron chi connectivity index (χ1n) is 8.47. The molecule has 0 amide bonds. The van der Waals surface area contributed by atoms with E-state index in [1.165, 1.54) is 27.4 Å². The quantitative estimate of drug-likeness (QED) is 0.664. The van der Waals surface area contributed by atoms with Gasteiger partial charge in [0.15, 0.2) is 0 Å². The van der Waals surface area contributed by atoms with Crippen LogP contribution >= 0.6 is 0 Å². The van der Waals surface area contributed by atoms with Crippen molar-refractivity contribution in [3.63, 3.8) is 0 Å². The van der Waals surface area contributed by atoms with Crippen molar-refractivity contribution in [1.82, 2.24) is 0 Å². The zero-order valence-electron chi connectivity index (χ0n) is 14.7. The lowest BCUT2D eigenvalue weighted by Crippen LogP contribution is -2.41. The lowest BCUT2D eigenvalue weighted by atomic mass is 10.0. The van der Waals surface area contributed by atoms with Gasteiger partial charge in [-0.05, 0) is 48.9 Å². The van der Waals surface area contributed by atoms with E-state index in [1.54, 1.807) is 0 Å². The molecule has 0 N–H and O–H groups in total. The van der Waals surface area contributed by atoms with Crippen LogP contribution in [0, 0.1) is 13.8 Å². The first-order chi connectivity index (χ1) is 11.2. The topological polar surface area (TPSA) is 18.5 Å². The molecule has 0 unspecified atom stereocenters. The molecule has 2 rings (SSSR count). The second kappa shape index (κ2) is 9.01. The molecular formula is C20H27O2Si. The summed E-state index contributed by atoms with van der Waals surface area (Å²) in [7, 11) is -1.41. The SMILES string of the molecule is CCCO[Si](OCCC)c1c(C)cc(-c2ccccc2)cc1C. The molecule has 0 bridgehead atoms. The molecule has 2 aromatic rings. The summed E-state index contributed by atoms with van der Waals surface area (Å²) in [6.45, 7) is 10.1. The van der Waals surface area contributed by atoms with Crippen molar-refractivity contribution in [2.75, 3.05) is 13.2 Å². The first kappa shape index (κ1) is 17.9. The van der Waals surface area contributed by atoms with Crippen LogP contribution in [-0.2, 0) is 8.85 Å². The third kappa shape index (κ3) is 4.77. The lowest BCUT2D eigenvalue weighted by molar-refractivity contribution is 0.207. The van der Waals surface area contributed by atoms with Gasteiger partial charge in [0.05, 0.1) is 0 Å². The van der Waals surface area contributed by atoms with Gasteiger partial charge in [-0.25, -0.2) is 0 Å². The van der Waals surface area contributed by atoms with E-state index in [0.29, 0.717) is 0 Å². The molecule has 1 radical (unpaired) electrons. The number of hydrogen-bond acceptors (Lipinski definition) is 2. The Bertz CT molecular complexity index is 579. The van der Waals surface area contributed by atoms with Gasteiger partial charge in [-0.3, -0.25) is 0 Å². The molecule has 0 fully saturated rings. The minimum absolute atomic E-state index is 0.761. The molecule has 2 aromatic carbocycles. The van der Waals surface area contributed by atoms with Crippen LogP contribution < -0.4 is 5.19 Å². The summed E-state index contributed by atoms with van der Waals surface area (Å²) < 4.78 is 12.1. The van der Waals surface area contributed by atoms with Crippen molar-refractivity contribution in [2.45, 2.75) is 40.5 Å². The Morgan fingerprint density at radius 3 is 1.78 bits per heavy atom. The van der Waals surface area contributed by atoms with E-state index in [9.17, 15) is 0 Å². The molecule has 2 nitrogen and oxygen atoms in total. The van der Waals surface area contributed by atoms with E-state index in [2.05, 4.69) is 70.2 Å². The van der Waals surface area contributed by atoms with Gasteiger partial charge < -0.3 is 8.85 Å². The van der Waals surface area contributed by atoms with Crippen molar-refractivity contribution in [2.24, 2.45) is 0 Å². The van der Waals surface area contributed by atoms with E-state index in [0.717, 1.165) is 26.1 Å². The molecule has 0 atom stereocenters. The maximum absolute atomic E-state index is 6.07. The Labute approximate surface area is 142 Å². The van der Waals surface area contributed by atoms with E-state index in [4.69, 9.17) is 8.85 Å². The molecular weight excluding hydrogens is 300 g/mol. The van der Waals surface area contributed by atoms with Gasteiger partial charge in [-0.1, -0.05) is 56.3 Å². The Hall–Kier alpha value is -1.42. The Morgan fingerprint density at radius 1 is 0.783 bits per heavy atom. The van der Waals surface area contributed by atoms with E-state index in [-0.39, 0.29) is 0 Å². The van der Waals surface area contributed by atoms with E-state index < -0.39 is 9.28 Å². The second-order valence-electron chi connectivity index (χ2n) is 5.84. The van der Waals surface area contributed by atoms with Crippen LogP contribution in [0.2, 0.25) is 0 Å². The van der Waals surface area contributed by atoms with Crippen LogP contribution in [0.5, 0.6) is 0 Å². The van der Waals surface area contributed by atoms with Crippen molar-refractivity contribution < 1.29 is 8.85 Å². The number of hydrogen-bond donors (Lipinski definition) is 0. The van der Waals surface area contributed by atoms with Crippen LogP contribution in [0.1, 0.15) is 37.8 Å². The molecule has 123 valence electrons. The second-order valence-corrected chi connectivity index (χ2v) is 7.49. The third-order valence-corrected chi connectivity index (χ3v) is 5.85. The van der Waals surface area contributed by atoms with Gasteiger partial charge in [0, 0.05) is 18.4 Å². The molecule has 0 aliphatic carbocycles. The Balaban J connectivity index is 2.34. The lowest BCUT2D eigenvalue weighted by Gasteiger charge is -2.20. The van der Waals surface area contributed by atoms with Gasteiger partial charge in [-0.2, -0.15) is 0 Å². The molecule has 3 heteroatoms. The largest absolute Gasteiger partial charge is 0.424 e. The minimum atomic E-state index is -1.41. The minimum Gasteiger partial charge on any atom is -0.390 e. The fourth-order valence-electron chi connectivity index (χ4n) is 2.66. The van der Waals surface area contributed by atoms with Crippen LogP contribution in [0.25, 0.3) is 11.1 Å². The number of benzene rings is 2. The Morgan fingerprint density at radius 2 is 1.30 bits per heavy atom. The highest BCUT2D eigenvalue weighted by Crippen LogP contribution is 2.21. The maximum Gasteiger partial charge on any atom is 0.424 e. The summed E-state index contributed by atoms with van der Waals surface area (Å²) in [6.07, 6.45) is 2.04. The molecule has 0 aromatic heterocycles. The van der Waals surface area contributed by atoms with Crippen molar-refractivity contribution in [3.8, 4) is 11.1 Å². The molecule has 23 heavy (non-hydrogen) atoms. The van der Waals surface area contributed by atoms with Gasteiger partial charge in [0.2, 0.25) is 0 Å². The van der Waals surface area contributed by atoms with Gasteiger partial charge in [0.1, 0.15) is 0 Å². The smallest absolute Gasteiger partial charge is 0.390 e. The number of rotatable bonds is 8. The predicted molar refractivity (Wildman–Crippen MR) is 99.2 cm³/mol. The summed E-state index contributed by atoms with van der Waals surface area (Å²) in [6, 6.07) is 15.0. The van der Waals surface area contributed by atoms with Gasteiger partial charge >= 0.3 is 9.28 Å². The maximum atomic E-state index is 6.07. The monoisotopic (exact) mass is 327 g/mol. The summed E-state index contributed by atoms with van der Waals surface area (Å²) in [5.41, 5.74) is 5.05. The first-order valence-corrected chi connectivity index (χ1v) is 9.78. The standard InChI is InChI=1S/C20H27O2Si/c1-5-12-21-23(22-13-6-2)20-16(3)14-19(15-17(20)4)18-10-8-7-9-11-18/h7-11,14-15H,5-6,12-13H2,1-4H3. The van der Waals surface area contributed by atoms with Crippen LogP contribution in [0.15, 0.2) is 42.5 Å². The zero-order valence-corrected chi connectivity index (χ0v) is 15.7. The summed E-state index contributed by atoms with van der Waals surface area (Å²) in [5.74, 6) is 0. The van der Waals surface area contributed by atoms with E-state index >= 15 is 0 Å². The summed E-state index contributed by atoms with van der Waals surface area (Å²) in [4.78, 5) is 0. The zero-order chi connectivity index (χ0) is 16.7. The van der Waals surface area contributed by atoms with Crippen LogP contribution in [0.4, 0.5) is 0 Å². The predicted octanol–water partition coefficient (Wildman–Crippen LogP) is 4.52. The summed E-state index contributed by atoms with van der Waals surface area (Å²) >= 11 is 0. The fourth-order valence-corrected chi connectivity index (χ4v) is 4.60. The molecule has 0 aliphatic rings. The van der Waals surface area contributed by atoms with Crippen molar-refractivity contribution >= 4 is 14.5 Å². The van der Waals surface area contributed by atoms with Crippen LogP contribution in [-0.4, -0.2) is 22.5 Å². The average molecular weight is 328 g/mol. The molecule has 0 heterocycles. The molecule has 0 spiro atoms. The highest BCUT2D eigenvalue weighted by atomic mass is 28.3. The Kier molecular flexibility index (Phi) is 7.03. The molecule has 0 saturated heterocycles. The molecule has 0 saturated carbocycles. The van der Waals surface area contributed by atoms with Crippen LogP contribution in [0.3, 0.4) is 0 Å². The molecule has 0 aliphatic heterocycles. The third-order valence-electron chi connectivity index (χ3n) is 3.72. The van der Waals surface area contributed by atoms with Crippen molar-refractivity contribution in [3.05, 3.63) is 53.6 Å². The van der Waals surface area contributed by atoms with E-state index in [1.807, 2.05) is 0 Å². The number of aryl methyl sites for hydroxylation is 2. The highest BCUT2D eigenvalue weighted by Gasteiger charge is 2.23. The van der Waals surface area contributed by atoms with Gasteiger partial charge in [-0.15, -0.1) is 0 Å².